The molecule has 0 aliphatic heterocycles. The summed E-state index contributed by atoms with van der Waals surface area (Å²) in [4.78, 5) is 27.4. The second kappa shape index (κ2) is 9.44. The maximum atomic E-state index is 13.1. The first kappa shape index (κ1) is 22.3. The van der Waals surface area contributed by atoms with Crippen molar-refractivity contribution in [3.05, 3.63) is 69.7 Å². The topological polar surface area (TPSA) is 49.4 Å². The van der Waals surface area contributed by atoms with Gasteiger partial charge in [-0.05, 0) is 45.4 Å². The number of halogens is 2. The Kier molecular flexibility index (Phi) is 7.50. The summed E-state index contributed by atoms with van der Waals surface area (Å²) < 4.78 is 0. The molecule has 0 bridgehead atoms. The Morgan fingerprint density at radius 3 is 2.11 bits per heavy atom. The zero-order valence-corrected chi connectivity index (χ0v) is 18.1. The van der Waals surface area contributed by atoms with E-state index >= 15 is 0 Å². The Morgan fingerprint density at radius 1 is 1.00 bits per heavy atom. The number of rotatable bonds is 6. The lowest BCUT2D eigenvalue weighted by atomic mass is 10.1. The molecule has 0 unspecified atom stereocenters. The number of nitrogens with one attached hydrogen (secondary N) is 1. The Hall–Kier alpha value is -2.04. The summed E-state index contributed by atoms with van der Waals surface area (Å²) in [6, 6.07) is 14.0. The Bertz CT molecular complexity index is 812. The van der Waals surface area contributed by atoms with Crippen LogP contribution >= 0.6 is 23.2 Å². The zero-order chi connectivity index (χ0) is 20.9. The van der Waals surface area contributed by atoms with Gasteiger partial charge in [-0.15, -0.1) is 0 Å². The van der Waals surface area contributed by atoms with Crippen molar-refractivity contribution in [1.82, 2.24) is 10.2 Å². The highest BCUT2D eigenvalue weighted by Gasteiger charge is 2.29. The summed E-state index contributed by atoms with van der Waals surface area (Å²) in [6.07, 6.45) is 0.191. The van der Waals surface area contributed by atoms with Crippen LogP contribution in [0.5, 0.6) is 0 Å². The second-order valence-corrected chi connectivity index (χ2v) is 8.61. The molecule has 150 valence electrons. The fraction of sp³-hybridized carbons (Fsp3) is 0.364. The van der Waals surface area contributed by atoms with Gasteiger partial charge in [-0.2, -0.15) is 0 Å². The molecule has 1 N–H and O–H groups in total. The highest BCUT2D eigenvalue weighted by Crippen LogP contribution is 2.27. The predicted molar refractivity (Wildman–Crippen MR) is 115 cm³/mol. The minimum Gasteiger partial charge on any atom is -0.350 e. The lowest BCUT2D eigenvalue weighted by Crippen LogP contribution is -2.52. The number of carbonyl (C=O) groups is 2. The van der Waals surface area contributed by atoms with Crippen LogP contribution < -0.4 is 5.32 Å². The average Bonchev–Trinajstić information content (AvgIpc) is 2.60. The smallest absolute Gasteiger partial charge is 0.242 e. The minimum atomic E-state index is -0.678. The molecule has 2 rings (SSSR count). The van der Waals surface area contributed by atoms with Crippen LogP contribution in [0.25, 0.3) is 0 Å². The van der Waals surface area contributed by atoms with Gasteiger partial charge in [-0.25, -0.2) is 0 Å². The monoisotopic (exact) mass is 420 g/mol. The first-order valence-electron chi connectivity index (χ1n) is 9.17. The third kappa shape index (κ3) is 6.25. The highest BCUT2D eigenvalue weighted by atomic mass is 35.5. The molecule has 28 heavy (non-hydrogen) atoms. The fourth-order valence-electron chi connectivity index (χ4n) is 2.78. The van der Waals surface area contributed by atoms with Crippen molar-refractivity contribution in [3.8, 4) is 0 Å². The lowest BCUT2D eigenvalue weighted by molar-refractivity contribution is -0.140. The maximum Gasteiger partial charge on any atom is 0.242 e. The molecule has 0 fully saturated rings. The first-order valence-corrected chi connectivity index (χ1v) is 9.92. The molecular weight excluding hydrogens is 395 g/mol. The molecule has 0 saturated heterocycles. The van der Waals surface area contributed by atoms with E-state index in [1.54, 1.807) is 25.1 Å². The third-order valence-electron chi connectivity index (χ3n) is 4.25. The fourth-order valence-corrected chi connectivity index (χ4v) is 3.30. The average molecular weight is 421 g/mol. The third-order valence-corrected chi connectivity index (χ3v) is 4.96. The van der Waals surface area contributed by atoms with Gasteiger partial charge in [0.25, 0.3) is 0 Å². The molecule has 4 nitrogen and oxygen atoms in total. The standard InChI is InChI=1S/C22H26Cl2N2O2/c1-15(21(28)25-22(2,3)4)26(14-17-18(23)11-8-12-19(17)24)20(27)13-16-9-6-5-7-10-16/h5-12,15H,13-14H2,1-4H3,(H,25,28)/t15-/m1/s1. The van der Waals surface area contributed by atoms with Gasteiger partial charge < -0.3 is 10.2 Å². The van der Waals surface area contributed by atoms with E-state index in [9.17, 15) is 9.59 Å². The second-order valence-electron chi connectivity index (χ2n) is 7.80. The van der Waals surface area contributed by atoms with Gasteiger partial charge in [-0.3, -0.25) is 9.59 Å². The van der Waals surface area contributed by atoms with Crippen molar-refractivity contribution in [3.63, 3.8) is 0 Å². The van der Waals surface area contributed by atoms with Crippen LogP contribution in [0.15, 0.2) is 48.5 Å². The van der Waals surface area contributed by atoms with E-state index in [0.717, 1.165) is 5.56 Å². The predicted octanol–water partition coefficient (Wildman–Crippen LogP) is 4.87. The van der Waals surface area contributed by atoms with Crippen molar-refractivity contribution >= 4 is 35.0 Å². The SMILES string of the molecule is C[C@H](C(=O)NC(C)(C)C)N(Cc1c(Cl)cccc1Cl)C(=O)Cc1ccccc1. The number of nitrogens with zero attached hydrogens (tertiary/aromatic N) is 1. The molecule has 1 atom stereocenters. The van der Waals surface area contributed by atoms with Gasteiger partial charge in [0.2, 0.25) is 11.8 Å². The van der Waals surface area contributed by atoms with Crippen molar-refractivity contribution in [2.45, 2.75) is 52.2 Å². The van der Waals surface area contributed by atoms with E-state index in [1.165, 1.54) is 4.90 Å². The van der Waals surface area contributed by atoms with Crippen LogP contribution in [0, 0.1) is 0 Å². The van der Waals surface area contributed by atoms with Gasteiger partial charge >= 0.3 is 0 Å². The molecule has 2 amide bonds. The van der Waals surface area contributed by atoms with Crippen LogP contribution in [0.3, 0.4) is 0 Å². The van der Waals surface area contributed by atoms with Crippen LogP contribution in [0.4, 0.5) is 0 Å². The molecule has 6 heteroatoms. The molecule has 0 saturated carbocycles. The van der Waals surface area contributed by atoms with Gasteiger partial charge in [-0.1, -0.05) is 59.6 Å². The Morgan fingerprint density at radius 2 is 1.57 bits per heavy atom. The molecule has 0 aliphatic carbocycles. The van der Waals surface area contributed by atoms with Crippen LogP contribution in [-0.2, 0) is 22.6 Å². The van der Waals surface area contributed by atoms with E-state index in [1.807, 2.05) is 51.1 Å². The summed E-state index contributed by atoms with van der Waals surface area (Å²) in [6.45, 7) is 7.58. The van der Waals surface area contributed by atoms with Crippen LogP contribution in [0.2, 0.25) is 10.0 Å². The zero-order valence-electron chi connectivity index (χ0n) is 16.6. The highest BCUT2D eigenvalue weighted by molar-refractivity contribution is 6.36. The summed E-state index contributed by atoms with van der Waals surface area (Å²) in [5.74, 6) is -0.393. The maximum absolute atomic E-state index is 13.1. The molecule has 0 aliphatic rings. The van der Waals surface area contributed by atoms with Crippen molar-refractivity contribution < 1.29 is 9.59 Å². The largest absolute Gasteiger partial charge is 0.350 e. The number of benzene rings is 2. The quantitative estimate of drug-likeness (QED) is 0.724. The number of hydrogen-bond donors (Lipinski definition) is 1. The van der Waals surface area contributed by atoms with Crippen molar-refractivity contribution in [2.75, 3.05) is 0 Å². The molecule has 0 heterocycles. The van der Waals surface area contributed by atoms with E-state index in [4.69, 9.17) is 23.2 Å². The molecule has 0 radical (unpaired) electrons. The number of amides is 2. The van der Waals surface area contributed by atoms with E-state index in [-0.39, 0.29) is 24.8 Å². The summed E-state index contributed by atoms with van der Waals surface area (Å²) in [7, 11) is 0. The molecule has 2 aromatic rings. The van der Waals surface area contributed by atoms with Crippen molar-refractivity contribution in [1.29, 1.82) is 0 Å². The summed E-state index contributed by atoms with van der Waals surface area (Å²) in [5, 5.41) is 3.87. The number of carbonyl (C=O) groups excluding carboxylic acids is 2. The summed E-state index contributed by atoms with van der Waals surface area (Å²) >= 11 is 12.6. The van der Waals surface area contributed by atoms with Gasteiger partial charge in [0.05, 0.1) is 6.42 Å². The van der Waals surface area contributed by atoms with Gasteiger partial charge in [0, 0.05) is 27.7 Å². The Labute approximate surface area is 176 Å². The molecule has 0 spiro atoms. The molecular formula is C22H26Cl2N2O2. The first-order chi connectivity index (χ1) is 13.1. The van der Waals surface area contributed by atoms with Crippen molar-refractivity contribution in [2.24, 2.45) is 0 Å². The van der Waals surface area contributed by atoms with Gasteiger partial charge in [0.1, 0.15) is 6.04 Å². The van der Waals surface area contributed by atoms with E-state index in [2.05, 4.69) is 5.32 Å². The molecule has 0 aromatic heterocycles. The minimum absolute atomic E-state index is 0.156. The molecule has 2 aromatic carbocycles. The van der Waals surface area contributed by atoms with Crippen LogP contribution in [-0.4, -0.2) is 28.3 Å². The van der Waals surface area contributed by atoms with E-state index in [0.29, 0.717) is 15.6 Å². The number of hydrogen-bond acceptors (Lipinski definition) is 2. The normalized spacial score (nSPS) is 12.4. The lowest BCUT2D eigenvalue weighted by Gasteiger charge is -2.32. The van der Waals surface area contributed by atoms with Gasteiger partial charge in [0.15, 0.2) is 0 Å². The van der Waals surface area contributed by atoms with E-state index < -0.39 is 11.6 Å². The summed E-state index contributed by atoms with van der Waals surface area (Å²) in [5.41, 5.74) is 1.11. The van der Waals surface area contributed by atoms with Crippen LogP contribution in [0.1, 0.15) is 38.8 Å². The Balaban J connectivity index is 2.31.